The van der Waals surface area contributed by atoms with Gasteiger partial charge in [0.05, 0.1) is 22.1 Å². The van der Waals surface area contributed by atoms with E-state index in [2.05, 4.69) is 270 Å². The number of fused-ring (bicyclic) bond motifs is 12. The number of thiophene rings is 2. The average molecular weight is 1550 g/mol. The first kappa shape index (κ1) is 70.9. The molecule has 22 rings (SSSR count). The molecule has 2 N–H and O–H groups in total. The lowest BCUT2D eigenvalue weighted by Gasteiger charge is -2.13. The molecule has 0 saturated carbocycles. The van der Waals surface area contributed by atoms with E-state index in [0.29, 0.717) is 45.4 Å². The van der Waals surface area contributed by atoms with Gasteiger partial charge < -0.3 is 19.2 Å². The molecule has 0 fully saturated rings. The summed E-state index contributed by atoms with van der Waals surface area (Å²) in [7, 11) is -1.49. The van der Waals surface area contributed by atoms with E-state index in [1.807, 2.05) is 121 Å². The molecule has 0 aliphatic heterocycles. The van der Waals surface area contributed by atoms with Crippen molar-refractivity contribution in [2.75, 3.05) is 0 Å². The van der Waals surface area contributed by atoms with Crippen molar-refractivity contribution in [1.29, 1.82) is 0 Å². The minimum atomic E-state index is -1.49. The van der Waals surface area contributed by atoms with Crippen molar-refractivity contribution < 1.29 is 10.0 Å². The number of halogens is 1. The van der Waals surface area contributed by atoms with E-state index in [0.717, 1.165) is 99.9 Å². The zero-order chi connectivity index (χ0) is 77.6. The van der Waals surface area contributed by atoms with Gasteiger partial charge in [-0.3, -0.25) is 0 Å². The first-order valence-corrected chi connectivity index (χ1v) is 40.3. The third kappa shape index (κ3) is 13.2. The number of rotatable bonds is 12. The van der Waals surface area contributed by atoms with E-state index in [1.54, 1.807) is 28.7 Å². The third-order valence-corrected chi connectivity index (χ3v) is 24.0. The Morgan fingerprint density at radius 2 is 0.569 bits per heavy atom. The Morgan fingerprint density at radius 3 is 1.07 bits per heavy atom. The molecule has 6 heterocycles. The molecule has 14 heteroatoms. The number of aromatic nitrogens is 8. The quantitative estimate of drug-likeness (QED) is 0.116. The SMILES string of the molecule is Clc1cccc(-c2nc(-c3ccccc3-c3ccccc3)nc(-c3cccc4c3sc3ccccc34)n2)c1.OB(O)c1cccc2c1c1ccccc1n2-c1ccccc1.c1ccc(-c2ccccc2-c2nc(-c3cccc(-c4cccc5c4c4ccccc4n5-c4ccccc4)c3)nc(-c3cccc4c3sc3ccccc34)n2)cc1. The van der Waals surface area contributed by atoms with Gasteiger partial charge in [0.25, 0.3) is 0 Å². The minimum Gasteiger partial charge on any atom is -0.423 e. The number of para-hydroxylation sites is 4. The molecule has 0 saturated heterocycles. The van der Waals surface area contributed by atoms with Crippen molar-refractivity contribution >= 4 is 131 Å². The highest BCUT2D eigenvalue weighted by Gasteiger charge is 2.25. The summed E-state index contributed by atoms with van der Waals surface area (Å²) in [5.74, 6) is 3.79. The second-order valence-electron chi connectivity index (χ2n) is 28.3. The molecule has 0 atom stereocenters. The Bertz CT molecular complexity index is 7480. The zero-order valence-corrected chi connectivity index (χ0v) is 64.6. The maximum atomic E-state index is 9.71. The van der Waals surface area contributed by atoms with Crippen LogP contribution in [0, 0.1) is 0 Å². The first-order valence-electron chi connectivity index (χ1n) is 38.3. The second kappa shape index (κ2) is 30.7. The van der Waals surface area contributed by atoms with Gasteiger partial charge in [0.1, 0.15) is 0 Å². The second-order valence-corrected chi connectivity index (χ2v) is 30.8. The summed E-state index contributed by atoms with van der Waals surface area (Å²) >= 11 is 9.92. The van der Waals surface area contributed by atoms with Gasteiger partial charge in [-0.1, -0.05) is 309 Å². The van der Waals surface area contributed by atoms with Crippen LogP contribution in [0.3, 0.4) is 0 Å². The van der Waals surface area contributed by atoms with Crippen molar-refractivity contribution in [3.63, 3.8) is 0 Å². The number of nitrogens with zero attached hydrogens (tertiary/aromatic N) is 8. The molecule has 10 nitrogen and oxygen atoms in total. The predicted octanol–water partition coefficient (Wildman–Crippen LogP) is 25.7. The van der Waals surface area contributed by atoms with Crippen LogP contribution in [-0.4, -0.2) is 56.2 Å². The highest BCUT2D eigenvalue weighted by molar-refractivity contribution is 7.26. The van der Waals surface area contributed by atoms with E-state index in [-0.39, 0.29) is 0 Å². The molecule has 0 unspecified atom stereocenters. The molecule has 0 aliphatic carbocycles. The lowest BCUT2D eigenvalue weighted by molar-refractivity contribution is 0.426. The van der Waals surface area contributed by atoms with Gasteiger partial charge in [-0.05, 0) is 130 Å². The fraction of sp³-hybridized carbons (Fsp3) is 0. The van der Waals surface area contributed by atoms with Crippen molar-refractivity contribution in [2.24, 2.45) is 0 Å². The Morgan fingerprint density at radius 1 is 0.241 bits per heavy atom. The van der Waals surface area contributed by atoms with E-state index in [9.17, 15) is 10.0 Å². The highest BCUT2D eigenvalue weighted by Crippen LogP contribution is 2.45. The summed E-state index contributed by atoms with van der Waals surface area (Å²) in [4.78, 5) is 30.9. The van der Waals surface area contributed by atoms with Crippen LogP contribution in [0.25, 0.3) is 197 Å². The zero-order valence-electron chi connectivity index (χ0n) is 62.2. The van der Waals surface area contributed by atoms with Gasteiger partial charge in [-0.15, -0.1) is 22.7 Å². The fourth-order valence-electron chi connectivity index (χ4n) is 16.1. The van der Waals surface area contributed by atoms with E-state index >= 15 is 0 Å². The molecular weight excluding hydrogens is 1480 g/mol. The lowest BCUT2D eigenvalue weighted by atomic mass is 9.77. The first-order chi connectivity index (χ1) is 57.3. The Balaban J connectivity index is 0.000000124. The van der Waals surface area contributed by atoms with Crippen LogP contribution < -0.4 is 5.46 Å². The Labute approximate surface area is 681 Å². The molecule has 116 heavy (non-hydrogen) atoms. The summed E-state index contributed by atoms with van der Waals surface area (Å²) in [6.07, 6.45) is 0. The maximum absolute atomic E-state index is 9.71. The molecule has 0 spiro atoms. The van der Waals surface area contributed by atoms with Crippen LogP contribution >= 0.6 is 34.3 Å². The summed E-state index contributed by atoms with van der Waals surface area (Å²) in [6.45, 7) is 0. The lowest BCUT2D eigenvalue weighted by Crippen LogP contribution is -2.30. The van der Waals surface area contributed by atoms with E-state index in [1.165, 1.54) is 62.2 Å². The summed E-state index contributed by atoms with van der Waals surface area (Å²) in [5, 5.41) is 29.3. The fourth-order valence-corrected chi connectivity index (χ4v) is 18.7. The minimum absolute atomic E-state index is 0.531. The van der Waals surface area contributed by atoms with Crippen molar-refractivity contribution in [2.45, 2.75) is 0 Å². The predicted molar refractivity (Wildman–Crippen MR) is 484 cm³/mol. The molecule has 548 valence electrons. The van der Waals surface area contributed by atoms with Crippen LogP contribution in [0.4, 0.5) is 0 Å². The van der Waals surface area contributed by atoms with Crippen LogP contribution in [0.15, 0.2) is 388 Å². The average Bonchev–Trinajstić information content (AvgIpc) is 1.58. The third-order valence-electron chi connectivity index (χ3n) is 21.3. The molecule has 0 amide bonds. The number of hydrogen-bond acceptors (Lipinski definition) is 10. The van der Waals surface area contributed by atoms with E-state index in [4.69, 9.17) is 41.5 Å². The normalized spacial score (nSPS) is 11.4. The van der Waals surface area contributed by atoms with Gasteiger partial charge in [0.15, 0.2) is 34.9 Å². The van der Waals surface area contributed by atoms with Crippen LogP contribution in [0.2, 0.25) is 5.02 Å². The monoisotopic (exact) mass is 1540 g/mol. The largest absolute Gasteiger partial charge is 0.489 e. The molecule has 0 bridgehead atoms. The molecule has 0 aliphatic rings. The van der Waals surface area contributed by atoms with Gasteiger partial charge in [0.2, 0.25) is 0 Å². The summed E-state index contributed by atoms with van der Waals surface area (Å²) in [6, 6.07) is 133. The smallest absolute Gasteiger partial charge is 0.423 e. The van der Waals surface area contributed by atoms with Gasteiger partial charge in [0, 0.05) is 112 Å². The van der Waals surface area contributed by atoms with Crippen LogP contribution in [0.1, 0.15) is 0 Å². The molecule has 16 aromatic carbocycles. The van der Waals surface area contributed by atoms with Crippen molar-refractivity contribution in [3.05, 3.63) is 393 Å². The number of hydrogen-bond donors (Lipinski definition) is 2. The van der Waals surface area contributed by atoms with Crippen LogP contribution in [-0.2, 0) is 0 Å². The van der Waals surface area contributed by atoms with Crippen molar-refractivity contribution in [1.82, 2.24) is 39.0 Å². The standard InChI is InChI=1S/C51H32N4S.C33H20ClN3S.C18H14BNO2/c1-3-16-33(17-4-1)37-22-7-8-24-41(37)50-52-49(53-51(54-50)43-28-14-27-40-39-23-10-12-31-46(39)56-48(40)43)35-19-13-18-34(32-35)38-26-15-30-45-47(38)42-25-9-11-29-44(42)55(45)36-20-5-2-6-21-36;34-23-13-8-12-22(20-23)31-35-32(27-16-5-4-14-24(27)21-10-2-1-3-11-21)37-33(36-31)28-18-9-17-26-25-15-6-7-19-29(25)38-30(26)28;21-19(22)15-10-6-12-17-18(15)14-9-4-5-11-16(14)20(17)13-7-2-1-3-8-13/h1-32H;1-20H;1-12,21-22H. The Hall–Kier alpha value is -14.1. The van der Waals surface area contributed by atoms with E-state index < -0.39 is 7.12 Å². The Kier molecular flexibility index (Phi) is 18.8. The summed E-state index contributed by atoms with van der Waals surface area (Å²) in [5.41, 5.74) is 19.4. The van der Waals surface area contributed by atoms with Crippen LogP contribution in [0.5, 0.6) is 0 Å². The van der Waals surface area contributed by atoms with Gasteiger partial charge >= 0.3 is 7.12 Å². The summed E-state index contributed by atoms with van der Waals surface area (Å²) < 4.78 is 9.34. The molecular formula is C102H66BClN8O2S2. The number of benzene rings is 16. The van der Waals surface area contributed by atoms with Crippen molar-refractivity contribution in [3.8, 4) is 113 Å². The molecule has 0 radical (unpaired) electrons. The highest BCUT2D eigenvalue weighted by atomic mass is 35.5. The molecule has 6 aromatic heterocycles. The topological polar surface area (TPSA) is 128 Å². The van der Waals surface area contributed by atoms with Gasteiger partial charge in [-0.25, -0.2) is 29.9 Å². The maximum Gasteiger partial charge on any atom is 0.489 e. The molecule has 22 aromatic rings. The van der Waals surface area contributed by atoms with Gasteiger partial charge in [-0.2, -0.15) is 0 Å².